The first kappa shape index (κ1) is 19.1. The van der Waals surface area contributed by atoms with E-state index >= 15 is 0 Å². The molecule has 0 rings (SSSR count). The highest BCUT2D eigenvalue weighted by molar-refractivity contribution is 5.76. The first-order valence-electron chi connectivity index (χ1n) is 7.58. The van der Waals surface area contributed by atoms with Crippen molar-refractivity contribution < 1.29 is 19.1 Å². The van der Waals surface area contributed by atoms with Crippen molar-refractivity contribution in [2.75, 3.05) is 33.0 Å². The van der Waals surface area contributed by atoms with Crippen LogP contribution in [-0.2, 0) is 19.1 Å². The van der Waals surface area contributed by atoms with Gasteiger partial charge in [-0.1, -0.05) is 32.6 Å². The van der Waals surface area contributed by atoms with Gasteiger partial charge in [0.15, 0.2) is 5.78 Å². The Kier molecular flexibility index (Phi) is 13.8. The van der Waals surface area contributed by atoms with Crippen molar-refractivity contribution in [1.82, 2.24) is 5.32 Å². The molecule has 5 nitrogen and oxygen atoms in total. The van der Waals surface area contributed by atoms with Crippen molar-refractivity contribution in [2.45, 2.75) is 52.4 Å². The van der Waals surface area contributed by atoms with E-state index in [4.69, 9.17) is 9.47 Å². The minimum Gasteiger partial charge on any atom is -0.377 e. The third-order valence-electron chi connectivity index (χ3n) is 2.75. The number of Topliss-reactive ketones (excluding diaryl/α,β-unsaturated/α-hetero) is 1. The quantitative estimate of drug-likeness (QED) is 0.497. The average molecular weight is 287 g/mol. The molecule has 0 aliphatic heterocycles. The van der Waals surface area contributed by atoms with Crippen molar-refractivity contribution in [3.63, 3.8) is 0 Å². The third kappa shape index (κ3) is 15.1. The number of hydrogen-bond donors (Lipinski definition) is 1. The molecule has 118 valence electrons. The molecule has 0 fully saturated rings. The number of unbranched alkanes of at least 4 members (excludes halogenated alkanes) is 4. The van der Waals surface area contributed by atoms with Gasteiger partial charge >= 0.3 is 0 Å². The summed E-state index contributed by atoms with van der Waals surface area (Å²) in [5.74, 6) is 0.106. The van der Waals surface area contributed by atoms with Gasteiger partial charge < -0.3 is 14.8 Å². The maximum absolute atomic E-state index is 11.5. The fourth-order valence-corrected chi connectivity index (χ4v) is 1.68. The van der Waals surface area contributed by atoms with Gasteiger partial charge in [0.2, 0.25) is 5.91 Å². The van der Waals surface area contributed by atoms with Gasteiger partial charge in [0.1, 0.15) is 6.61 Å². The number of rotatable bonds is 14. The zero-order valence-corrected chi connectivity index (χ0v) is 12.9. The Hall–Kier alpha value is -0.940. The highest BCUT2D eigenvalue weighted by atomic mass is 16.5. The summed E-state index contributed by atoms with van der Waals surface area (Å²) in [7, 11) is 0. The standard InChI is InChI=1S/C15H29NO4/c1-3-4-5-6-7-8-15(18)16-9-10-19-11-12-20-13-14(2)17/h3-13H2,1-2H3,(H,16,18). The fraction of sp³-hybridized carbons (Fsp3) is 0.867. The Morgan fingerprint density at radius 1 is 0.950 bits per heavy atom. The maximum Gasteiger partial charge on any atom is 0.220 e. The van der Waals surface area contributed by atoms with Gasteiger partial charge in [-0.05, 0) is 13.3 Å². The van der Waals surface area contributed by atoms with Gasteiger partial charge in [-0.3, -0.25) is 9.59 Å². The molecule has 1 N–H and O–H groups in total. The van der Waals surface area contributed by atoms with E-state index in [-0.39, 0.29) is 18.3 Å². The molecule has 20 heavy (non-hydrogen) atoms. The molecule has 0 aromatic heterocycles. The van der Waals surface area contributed by atoms with Crippen LogP contribution in [0.25, 0.3) is 0 Å². The first-order chi connectivity index (χ1) is 9.66. The number of carbonyl (C=O) groups is 2. The van der Waals surface area contributed by atoms with Gasteiger partial charge in [-0.15, -0.1) is 0 Å². The monoisotopic (exact) mass is 287 g/mol. The molecule has 0 saturated carbocycles. The zero-order valence-electron chi connectivity index (χ0n) is 12.9. The van der Waals surface area contributed by atoms with Crippen molar-refractivity contribution in [2.24, 2.45) is 0 Å². The molecule has 0 bridgehead atoms. The van der Waals surface area contributed by atoms with Crippen LogP contribution in [-0.4, -0.2) is 44.7 Å². The Morgan fingerprint density at radius 2 is 1.65 bits per heavy atom. The molecular weight excluding hydrogens is 258 g/mol. The molecule has 0 atom stereocenters. The fourth-order valence-electron chi connectivity index (χ4n) is 1.68. The molecule has 1 amide bonds. The summed E-state index contributed by atoms with van der Waals surface area (Å²) in [6, 6.07) is 0. The second-order valence-electron chi connectivity index (χ2n) is 4.88. The lowest BCUT2D eigenvalue weighted by atomic mass is 10.1. The molecule has 0 aromatic rings. The van der Waals surface area contributed by atoms with Gasteiger partial charge in [0.25, 0.3) is 0 Å². The van der Waals surface area contributed by atoms with Crippen LogP contribution in [0.1, 0.15) is 52.4 Å². The molecule has 0 aromatic carbocycles. The smallest absolute Gasteiger partial charge is 0.220 e. The minimum absolute atomic E-state index is 0.0104. The van der Waals surface area contributed by atoms with Crippen LogP contribution in [0.5, 0.6) is 0 Å². The lowest BCUT2D eigenvalue weighted by molar-refractivity contribution is -0.123. The average Bonchev–Trinajstić information content (AvgIpc) is 2.41. The van der Waals surface area contributed by atoms with Crippen LogP contribution < -0.4 is 5.32 Å². The second kappa shape index (κ2) is 14.5. The number of hydrogen-bond acceptors (Lipinski definition) is 4. The van der Waals surface area contributed by atoms with Crippen molar-refractivity contribution in [3.8, 4) is 0 Å². The van der Waals surface area contributed by atoms with E-state index in [0.29, 0.717) is 32.8 Å². The summed E-state index contributed by atoms with van der Waals surface area (Å²) in [5.41, 5.74) is 0. The van der Waals surface area contributed by atoms with Gasteiger partial charge in [-0.25, -0.2) is 0 Å². The van der Waals surface area contributed by atoms with Gasteiger partial charge in [0.05, 0.1) is 19.8 Å². The van der Waals surface area contributed by atoms with Crippen molar-refractivity contribution >= 4 is 11.7 Å². The molecule has 0 spiro atoms. The van der Waals surface area contributed by atoms with E-state index < -0.39 is 0 Å². The Morgan fingerprint density at radius 3 is 2.35 bits per heavy atom. The summed E-state index contributed by atoms with van der Waals surface area (Å²) in [6.07, 6.45) is 6.39. The van der Waals surface area contributed by atoms with Gasteiger partial charge in [0, 0.05) is 13.0 Å². The predicted molar refractivity (Wildman–Crippen MR) is 78.7 cm³/mol. The largest absolute Gasteiger partial charge is 0.377 e. The normalized spacial score (nSPS) is 10.5. The lowest BCUT2D eigenvalue weighted by Gasteiger charge is -2.06. The van der Waals surface area contributed by atoms with Crippen LogP contribution >= 0.6 is 0 Å². The van der Waals surface area contributed by atoms with Gasteiger partial charge in [-0.2, -0.15) is 0 Å². The molecule has 5 heteroatoms. The number of amides is 1. The molecule has 0 radical (unpaired) electrons. The van der Waals surface area contributed by atoms with Crippen LogP contribution in [0.4, 0.5) is 0 Å². The third-order valence-corrected chi connectivity index (χ3v) is 2.75. The Labute approximate surface area is 122 Å². The number of carbonyl (C=O) groups excluding carboxylic acids is 2. The van der Waals surface area contributed by atoms with Crippen LogP contribution in [0.3, 0.4) is 0 Å². The first-order valence-corrected chi connectivity index (χ1v) is 7.58. The molecule has 0 saturated heterocycles. The lowest BCUT2D eigenvalue weighted by Crippen LogP contribution is -2.27. The van der Waals surface area contributed by atoms with E-state index in [1.54, 1.807) is 0 Å². The Balaban J connectivity index is 3.17. The molecule has 0 heterocycles. The minimum atomic E-state index is 0.0104. The maximum atomic E-state index is 11.5. The van der Waals surface area contributed by atoms with E-state index in [0.717, 1.165) is 12.8 Å². The number of nitrogens with one attached hydrogen (secondary N) is 1. The number of ketones is 1. The van der Waals surface area contributed by atoms with Crippen molar-refractivity contribution in [3.05, 3.63) is 0 Å². The summed E-state index contributed by atoms with van der Waals surface area (Å²) >= 11 is 0. The predicted octanol–water partition coefficient (Wildman–Crippen LogP) is 2.09. The van der Waals surface area contributed by atoms with E-state index in [1.807, 2.05) is 0 Å². The van der Waals surface area contributed by atoms with E-state index in [2.05, 4.69) is 12.2 Å². The summed E-state index contributed by atoms with van der Waals surface area (Å²) < 4.78 is 10.3. The highest BCUT2D eigenvalue weighted by Gasteiger charge is 2.00. The van der Waals surface area contributed by atoms with Crippen LogP contribution in [0.2, 0.25) is 0 Å². The van der Waals surface area contributed by atoms with Crippen LogP contribution in [0.15, 0.2) is 0 Å². The summed E-state index contributed by atoms with van der Waals surface area (Å²) in [4.78, 5) is 22.0. The second-order valence-corrected chi connectivity index (χ2v) is 4.88. The van der Waals surface area contributed by atoms with E-state index in [9.17, 15) is 9.59 Å². The molecule has 0 aliphatic rings. The number of ether oxygens (including phenoxy) is 2. The Bertz CT molecular complexity index is 256. The highest BCUT2D eigenvalue weighted by Crippen LogP contribution is 2.04. The van der Waals surface area contributed by atoms with E-state index in [1.165, 1.54) is 26.2 Å². The van der Waals surface area contributed by atoms with Crippen LogP contribution in [0, 0.1) is 0 Å². The molecular formula is C15H29NO4. The molecule has 0 aliphatic carbocycles. The topological polar surface area (TPSA) is 64.6 Å². The zero-order chi connectivity index (χ0) is 15.1. The SMILES string of the molecule is CCCCCCCC(=O)NCCOCCOCC(C)=O. The van der Waals surface area contributed by atoms with Crippen molar-refractivity contribution in [1.29, 1.82) is 0 Å². The summed E-state index contributed by atoms with van der Waals surface area (Å²) in [6.45, 7) is 5.66. The molecule has 0 unspecified atom stereocenters. The summed E-state index contributed by atoms with van der Waals surface area (Å²) in [5, 5.41) is 2.82.